The molecule has 0 bridgehead atoms. The van der Waals surface area contributed by atoms with E-state index < -0.39 is 0 Å². The maximum Gasteiger partial charge on any atom is 0.203 e. The molecular weight excluding hydrogens is 715 g/mol. The fraction of sp³-hybridized carbons (Fsp3) is 0.364. The third kappa shape index (κ3) is 10.8. The highest BCUT2D eigenvalue weighted by Crippen LogP contribution is 2.38. The molecule has 1 saturated heterocycles. The first-order chi connectivity index (χ1) is 27.0. The third-order valence-electron chi connectivity index (χ3n) is 9.67. The number of aromatic nitrogens is 1. The number of benzene rings is 4. The first-order valence-electron chi connectivity index (χ1n) is 18.8. The molecule has 0 saturated carbocycles. The fourth-order valence-electron chi connectivity index (χ4n) is 6.60. The van der Waals surface area contributed by atoms with E-state index in [9.17, 15) is 4.79 Å². The van der Waals surface area contributed by atoms with Crippen molar-refractivity contribution in [1.82, 2.24) is 14.8 Å². The lowest BCUT2D eigenvalue weighted by molar-refractivity contribution is 0.104. The van der Waals surface area contributed by atoms with Crippen molar-refractivity contribution >= 4 is 33.4 Å². The minimum atomic E-state index is -0.192. The number of allylic oxidation sites excluding steroid dienone is 1. The van der Waals surface area contributed by atoms with Crippen LogP contribution in [0.4, 0.5) is 0 Å². The van der Waals surface area contributed by atoms with Gasteiger partial charge in [0.15, 0.2) is 28.8 Å². The van der Waals surface area contributed by atoms with Crippen LogP contribution in [-0.4, -0.2) is 101 Å². The van der Waals surface area contributed by atoms with E-state index in [-0.39, 0.29) is 5.78 Å². The van der Waals surface area contributed by atoms with E-state index in [1.54, 1.807) is 36.7 Å². The van der Waals surface area contributed by atoms with Crippen molar-refractivity contribution in [1.29, 1.82) is 0 Å². The number of fused-ring (bicyclic) bond motifs is 1. The van der Waals surface area contributed by atoms with Crippen LogP contribution in [0.2, 0.25) is 0 Å². The standard InChI is InChI=1S/C44H51N3O7S/c1-49-38-19-17-32(16-18-37(48)34-30-40(50-2)43(52-4)41(31-34)51-3)28-39(38)54-27-10-8-21-47-24-22-46(23-25-47)20-7-9-26-53-35-13-11-12-33(29-35)44-45-36-14-5-6-15-42(36)55-44/h5-6,11-19,28-31H,7-10,20-27H2,1-4H3/b18-16+. The fourth-order valence-corrected chi connectivity index (χ4v) is 7.56. The van der Waals surface area contributed by atoms with Crippen LogP contribution in [0.15, 0.2) is 84.9 Å². The third-order valence-corrected chi connectivity index (χ3v) is 10.8. The zero-order valence-electron chi connectivity index (χ0n) is 32.3. The predicted molar refractivity (Wildman–Crippen MR) is 220 cm³/mol. The van der Waals surface area contributed by atoms with Crippen LogP contribution >= 0.6 is 11.3 Å². The summed E-state index contributed by atoms with van der Waals surface area (Å²) >= 11 is 1.71. The Balaban J connectivity index is 0.862. The quantitative estimate of drug-likeness (QED) is 0.0436. The van der Waals surface area contributed by atoms with Crippen LogP contribution in [0.1, 0.15) is 41.6 Å². The number of piperazine rings is 1. The summed E-state index contributed by atoms with van der Waals surface area (Å²) in [5, 5.41) is 1.03. The average molecular weight is 766 g/mol. The number of hydrogen-bond acceptors (Lipinski definition) is 11. The number of hydrogen-bond donors (Lipinski definition) is 0. The van der Waals surface area contributed by atoms with Crippen molar-refractivity contribution in [3.8, 4) is 45.1 Å². The Morgan fingerprint density at radius 3 is 2.02 bits per heavy atom. The molecule has 6 rings (SSSR count). The van der Waals surface area contributed by atoms with Gasteiger partial charge in [-0.15, -0.1) is 11.3 Å². The molecular formula is C44H51N3O7S. The lowest BCUT2D eigenvalue weighted by Gasteiger charge is -2.34. The second-order valence-electron chi connectivity index (χ2n) is 13.3. The van der Waals surface area contributed by atoms with Gasteiger partial charge < -0.3 is 38.2 Å². The van der Waals surface area contributed by atoms with E-state index >= 15 is 0 Å². The van der Waals surface area contributed by atoms with E-state index in [0.29, 0.717) is 47.5 Å². The summed E-state index contributed by atoms with van der Waals surface area (Å²) in [5.74, 6) is 3.31. The van der Waals surface area contributed by atoms with E-state index in [1.807, 2.05) is 36.4 Å². The molecule has 1 aromatic heterocycles. The van der Waals surface area contributed by atoms with Crippen LogP contribution in [0.5, 0.6) is 34.5 Å². The van der Waals surface area contributed by atoms with Crippen molar-refractivity contribution in [2.24, 2.45) is 0 Å². The summed E-state index contributed by atoms with van der Waals surface area (Å²) in [4.78, 5) is 22.9. The number of para-hydroxylation sites is 1. The number of ketones is 1. The van der Waals surface area contributed by atoms with E-state index in [4.69, 9.17) is 33.4 Å². The molecule has 1 fully saturated rings. The highest BCUT2D eigenvalue weighted by atomic mass is 32.1. The molecule has 0 radical (unpaired) electrons. The highest BCUT2D eigenvalue weighted by molar-refractivity contribution is 7.21. The molecule has 4 aromatic carbocycles. The van der Waals surface area contributed by atoms with Gasteiger partial charge in [0.2, 0.25) is 5.75 Å². The van der Waals surface area contributed by atoms with Gasteiger partial charge in [0.05, 0.1) is 51.9 Å². The van der Waals surface area contributed by atoms with Gasteiger partial charge in [0.25, 0.3) is 0 Å². The first-order valence-corrected chi connectivity index (χ1v) is 19.7. The maximum absolute atomic E-state index is 13.0. The normalized spacial score (nSPS) is 13.6. The zero-order chi connectivity index (χ0) is 38.4. The van der Waals surface area contributed by atoms with Crippen LogP contribution in [0.25, 0.3) is 26.9 Å². The molecule has 1 aliphatic heterocycles. The number of ether oxygens (including phenoxy) is 6. The van der Waals surface area contributed by atoms with Gasteiger partial charge in [-0.3, -0.25) is 4.79 Å². The second-order valence-corrected chi connectivity index (χ2v) is 14.4. The Morgan fingerprint density at radius 1 is 0.691 bits per heavy atom. The highest BCUT2D eigenvalue weighted by Gasteiger charge is 2.18. The van der Waals surface area contributed by atoms with Crippen molar-refractivity contribution in [2.75, 3.05) is 80.9 Å². The summed E-state index contributed by atoms with van der Waals surface area (Å²) < 4.78 is 35.2. The van der Waals surface area contributed by atoms with Crippen LogP contribution in [0, 0.1) is 0 Å². The molecule has 11 heteroatoms. The van der Waals surface area contributed by atoms with E-state index in [0.717, 1.165) is 92.4 Å². The van der Waals surface area contributed by atoms with Gasteiger partial charge in [-0.05, 0) is 98.9 Å². The summed E-state index contributed by atoms with van der Waals surface area (Å²) in [6.45, 7) is 7.84. The lowest BCUT2D eigenvalue weighted by Crippen LogP contribution is -2.46. The minimum Gasteiger partial charge on any atom is -0.494 e. The molecule has 0 spiro atoms. The molecule has 55 heavy (non-hydrogen) atoms. The largest absolute Gasteiger partial charge is 0.494 e. The predicted octanol–water partition coefficient (Wildman–Crippen LogP) is 8.53. The maximum atomic E-state index is 13.0. The van der Waals surface area contributed by atoms with Gasteiger partial charge in [-0.2, -0.15) is 0 Å². The zero-order valence-corrected chi connectivity index (χ0v) is 33.1. The molecule has 2 heterocycles. The molecule has 10 nitrogen and oxygen atoms in total. The minimum absolute atomic E-state index is 0.192. The Hall–Kier alpha value is -5.10. The van der Waals surface area contributed by atoms with Gasteiger partial charge in [-0.1, -0.05) is 36.4 Å². The molecule has 0 amide bonds. The molecule has 0 atom stereocenters. The number of rotatable bonds is 20. The number of carbonyl (C=O) groups is 1. The van der Waals surface area contributed by atoms with Crippen molar-refractivity contribution in [3.63, 3.8) is 0 Å². The molecule has 1 aliphatic rings. The van der Waals surface area contributed by atoms with Crippen molar-refractivity contribution < 1.29 is 33.2 Å². The van der Waals surface area contributed by atoms with E-state index in [1.165, 1.54) is 32.1 Å². The molecule has 0 N–H and O–H groups in total. The van der Waals surface area contributed by atoms with Crippen LogP contribution < -0.4 is 28.4 Å². The number of unbranched alkanes of at least 4 members (excludes halogenated alkanes) is 2. The Bertz CT molecular complexity index is 1980. The molecule has 0 unspecified atom stereocenters. The second kappa shape index (κ2) is 20.0. The topological polar surface area (TPSA) is 91.8 Å². The summed E-state index contributed by atoms with van der Waals surface area (Å²) in [7, 11) is 6.21. The molecule has 5 aromatic rings. The summed E-state index contributed by atoms with van der Waals surface area (Å²) in [6.07, 6.45) is 7.43. The Kier molecular flexibility index (Phi) is 14.4. The average Bonchev–Trinajstić information content (AvgIpc) is 3.67. The van der Waals surface area contributed by atoms with Gasteiger partial charge in [-0.25, -0.2) is 4.98 Å². The van der Waals surface area contributed by atoms with Crippen molar-refractivity contribution in [2.45, 2.75) is 25.7 Å². The smallest absolute Gasteiger partial charge is 0.203 e. The number of thiazole rings is 1. The molecule has 0 aliphatic carbocycles. The monoisotopic (exact) mass is 765 g/mol. The lowest BCUT2D eigenvalue weighted by atomic mass is 10.1. The van der Waals surface area contributed by atoms with Gasteiger partial charge in [0.1, 0.15) is 10.8 Å². The Morgan fingerprint density at radius 2 is 1.36 bits per heavy atom. The Labute approximate surface area is 328 Å². The number of carbonyl (C=O) groups excluding carboxylic acids is 1. The van der Waals surface area contributed by atoms with Crippen LogP contribution in [-0.2, 0) is 0 Å². The molecule has 290 valence electrons. The number of nitrogens with zero attached hydrogens (tertiary/aromatic N) is 3. The summed E-state index contributed by atoms with van der Waals surface area (Å²) in [5.41, 5.74) is 3.40. The van der Waals surface area contributed by atoms with Gasteiger partial charge in [0, 0.05) is 37.3 Å². The van der Waals surface area contributed by atoms with Crippen molar-refractivity contribution in [3.05, 3.63) is 96.1 Å². The van der Waals surface area contributed by atoms with Gasteiger partial charge >= 0.3 is 0 Å². The van der Waals surface area contributed by atoms with E-state index in [2.05, 4.69) is 40.1 Å². The number of methoxy groups -OCH3 is 4. The SMILES string of the molecule is COc1ccc(/C=C/C(=O)c2cc(OC)c(OC)c(OC)c2)cc1OCCCCN1CCN(CCCCOc2cccc(-c3nc4ccccc4s3)c2)CC1. The summed E-state index contributed by atoms with van der Waals surface area (Å²) in [6, 6.07) is 25.5. The first kappa shape index (κ1) is 39.6. The van der Waals surface area contributed by atoms with Crippen LogP contribution in [0.3, 0.4) is 0 Å².